The van der Waals surface area contributed by atoms with Crippen molar-refractivity contribution in [3.8, 4) is 0 Å². The predicted octanol–water partition coefficient (Wildman–Crippen LogP) is 3.15. The average molecular weight is 485 g/mol. The van der Waals surface area contributed by atoms with Crippen molar-refractivity contribution in [2.75, 3.05) is 39.3 Å². The molecule has 13 heteroatoms. The van der Waals surface area contributed by atoms with Gasteiger partial charge in [-0.25, -0.2) is 13.0 Å². The summed E-state index contributed by atoms with van der Waals surface area (Å²) in [5.41, 5.74) is 1.56. The van der Waals surface area contributed by atoms with Gasteiger partial charge in [-0.1, -0.05) is 4.98 Å². The van der Waals surface area contributed by atoms with Gasteiger partial charge in [-0.05, 0) is 29.2 Å². The molecule has 0 bridgehead atoms. The largest absolute Gasteiger partial charge is 0.434 e. The Hall–Kier alpha value is -1.75. The molecule has 0 aliphatic heterocycles. The van der Waals surface area contributed by atoms with Gasteiger partial charge >= 0.3 is 5.95 Å². The van der Waals surface area contributed by atoms with Crippen LogP contribution in [0.5, 0.6) is 0 Å². The number of nitrogens with zero attached hydrogens (tertiary/aromatic N) is 5. The minimum Gasteiger partial charge on any atom is -0.390 e. The molecular weight excluding hydrogens is 465 g/mol. The second kappa shape index (κ2) is 10.3. The summed E-state index contributed by atoms with van der Waals surface area (Å²) in [4.78, 5) is 16.1. The molecule has 1 heterocycles. The Labute approximate surface area is 184 Å². The lowest BCUT2D eigenvalue weighted by molar-refractivity contribution is -0.396. The quantitative estimate of drug-likeness (QED) is 0.276. The molecule has 1 aromatic carbocycles. The van der Waals surface area contributed by atoms with Crippen molar-refractivity contribution in [1.29, 1.82) is 0 Å². The monoisotopic (exact) mass is 483 g/mol. The summed E-state index contributed by atoms with van der Waals surface area (Å²) in [6, 6.07) is 6.80. The van der Waals surface area contributed by atoms with Gasteiger partial charge in [-0.3, -0.25) is 4.31 Å². The normalized spacial score (nSPS) is 11.4. The second-order valence-electron chi connectivity index (χ2n) is 5.97. The number of benzene rings is 1. The lowest BCUT2D eigenvalue weighted by atomic mass is 10.2. The van der Waals surface area contributed by atoms with E-state index < -0.39 is 20.2 Å². The van der Waals surface area contributed by atoms with Crippen LogP contribution in [0.4, 0.5) is 17.3 Å². The van der Waals surface area contributed by atoms with Gasteiger partial charge in [0.1, 0.15) is 17.1 Å². The fraction of sp³-hybridized carbons (Fsp3) is 0.438. The van der Waals surface area contributed by atoms with Gasteiger partial charge in [0.05, 0.1) is 19.3 Å². The van der Waals surface area contributed by atoms with Crippen LogP contribution in [0.1, 0.15) is 5.69 Å². The molecule has 0 saturated carbocycles. The van der Waals surface area contributed by atoms with E-state index >= 15 is 0 Å². The third-order valence-electron chi connectivity index (χ3n) is 4.21. The molecular formula is C16H20Cl3N5O4S. The zero-order valence-corrected chi connectivity index (χ0v) is 18.6. The summed E-state index contributed by atoms with van der Waals surface area (Å²) in [5.74, 6) is 0.464. The molecule has 9 nitrogen and oxygen atoms in total. The molecule has 0 saturated heterocycles. The van der Waals surface area contributed by atoms with Gasteiger partial charge in [-0.2, -0.15) is 0 Å². The molecule has 0 aliphatic rings. The van der Waals surface area contributed by atoms with Crippen LogP contribution in [-0.4, -0.2) is 53.0 Å². The molecule has 2 rings (SSSR count). The zero-order chi connectivity index (χ0) is 21.6. The number of aromatic nitrogens is 2. The van der Waals surface area contributed by atoms with E-state index in [0.717, 1.165) is 9.99 Å². The van der Waals surface area contributed by atoms with Gasteiger partial charge in [0, 0.05) is 30.5 Å². The highest BCUT2D eigenvalue weighted by molar-refractivity contribution is 7.93. The third kappa shape index (κ3) is 5.65. The van der Waals surface area contributed by atoms with Crippen LogP contribution in [0.25, 0.3) is 0 Å². The van der Waals surface area contributed by atoms with Crippen LogP contribution in [0, 0.1) is 10.1 Å². The Morgan fingerprint density at radius 1 is 1.10 bits per heavy atom. The molecule has 0 spiro atoms. The highest BCUT2D eigenvalue weighted by Gasteiger charge is 2.26. The number of nitro groups is 1. The fourth-order valence-corrected chi connectivity index (χ4v) is 4.36. The van der Waals surface area contributed by atoms with E-state index in [1.165, 1.54) is 17.8 Å². The standard InChI is InChI=1S/C16H20Cl3N5O4S/c1-21-15(10-20-16(21)24(25)26)11-23(29(27,28)12-19)14-4-2-13(3-5-14)22(8-6-17)9-7-18/h2-5,10H,6-9,11-12H2,1H3. The van der Waals surface area contributed by atoms with Crippen LogP contribution in [0.2, 0.25) is 0 Å². The Morgan fingerprint density at radius 2 is 1.66 bits per heavy atom. The second-order valence-corrected chi connectivity index (χ2v) is 9.21. The number of rotatable bonds is 11. The minimum atomic E-state index is -3.86. The summed E-state index contributed by atoms with van der Waals surface area (Å²) in [6.07, 6.45) is 1.27. The van der Waals surface area contributed by atoms with Crippen LogP contribution < -0.4 is 9.21 Å². The Kier molecular flexibility index (Phi) is 8.38. The molecule has 0 N–H and O–H groups in total. The number of alkyl halides is 3. The topological polar surface area (TPSA) is 102 Å². The number of anilines is 2. The highest BCUT2D eigenvalue weighted by Crippen LogP contribution is 2.26. The van der Waals surface area contributed by atoms with Crippen LogP contribution >= 0.6 is 34.8 Å². The molecule has 29 heavy (non-hydrogen) atoms. The third-order valence-corrected chi connectivity index (χ3v) is 6.67. The molecule has 1 aromatic heterocycles. The summed E-state index contributed by atoms with van der Waals surface area (Å²) in [6.45, 7) is 1.03. The van der Waals surface area contributed by atoms with Crippen LogP contribution in [0.3, 0.4) is 0 Å². The molecule has 160 valence electrons. The van der Waals surface area contributed by atoms with Crippen molar-refractivity contribution in [2.45, 2.75) is 6.54 Å². The van der Waals surface area contributed by atoms with Gasteiger partial charge in [0.25, 0.3) is 0 Å². The maximum absolute atomic E-state index is 12.6. The van der Waals surface area contributed by atoms with Crippen molar-refractivity contribution >= 4 is 62.1 Å². The Morgan fingerprint density at radius 3 is 2.10 bits per heavy atom. The summed E-state index contributed by atoms with van der Waals surface area (Å²) in [7, 11) is -2.41. The van der Waals surface area contributed by atoms with Crippen LogP contribution in [0.15, 0.2) is 30.5 Å². The lowest BCUT2D eigenvalue weighted by Gasteiger charge is -2.25. The molecule has 0 atom stereocenters. The van der Waals surface area contributed by atoms with E-state index in [-0.39, 0.29) is 12.5 Å². The first-order valence-electron chi connectivity index (χ1n) is 8.43. The zero-order valence-electron chi connectivity index (χ0n) is 15.5. The molecule has 2 aromatic rings. The van der Waals surface area contributed by atoms with Gasteiger partial charge < -0.3 is 15.0 Å². The van der Waals surface area contributed by atoms with Crippen molar-refractivity contribution in [3.63, 3.8) is 0 Å². The Bertz CT molecular complexity index is 931. The first kappa shape index (κ1) is 23.5. The number of hydrogen-bond acceptors (Lipinski definition) is 6. The molecule has 0 unspecified atom stereocenters. The van der Waals surface area contributed by atoms with E-state index in [0.29, 0.717) is 36.2 Å². The van der Waals surface area contributed by atoms with E-state index in [1.54, 1.807) is 24.3 Å². The lowest BCUT2D eigenvalue weighted by Crippen LogP contribution is -2.32. The molecule has 0 aliphatic carbocycles. The molecule has 0 fully saturated rings. The fourth-order valence-electron chi connectivity index (χ4n) is 2.71. The predicted molar refractivity (Wildman–Crippen MR) is 116 cm³/mol. The number of hydrogen-bond donors (Lipinski definition) is 0. The minimum absolute atomic E-state index is 0.154. The number of sulfonamides is 1. The molecule has 0 radical (unpaired) electrons. The Balaban J connectivity index is 2.37. The average Bonchev–Trinajstić information content (AvgIpc) is 3.06. The van der Waals surface area contributed by atoms with Crippen molar-refractivity contribution in [3.05, 3.63) is 46.3 Å². The maximum Gasteiger partial charge on any atom is 0.434 e. The first-order chi connectivity index (χ1) is 13.7. The van der Waals surface area contributed by atoms with E-state index in [9.17, 15) is 18.5 Å². The molecule has 0 amide bonds. The number of halogens is 3. The van der Waals surface area contributed by atoms with Crippen molar-refractivity contribution in [2.24, 2.45) is 7.05 Å². The van der Waals surface area contributed by atoms with E-state index in [1.807, 2.05) is 4.90 Å². The van der Waals surface area contributed by atoms with Crippen molar-refractivity contribution < 1.29 is 13.3 Å². The van der Waals surface area contributed by atoms with Gasteiger partial charge in [0.2, 0.25) is 10.0 Å². The van der Waals surface area contributed by atoms with E-state index in [4.69, 9.17) is 34.8 Å². The number of imidazole rings is 1. The van der Waals surface area contributed by atoms with Gasteiger partial charge in [0.15, 0.2) is 0 Å². The SMILES string of the molecule is Cn1c(CN(c2ccc(N(CCCl)CCCl)cc2)S(=O)(=O)CCl)cnc1[N+](=O)[O-]. The van der Waals surface area contributed by atoms with E-state index in [2.05, 4.69) is 4.98 Å². The van der Waals surface area contributed by atoms with Gasteiger partial charge in [-0.15, -0.1) is 34.8 Å². The highest BCUT2D eigenvalue weighted by atomic mass is 35.5. The summed E-state index contributed by atoms with van der Waals surface area (Å²) >= 11 is 17.3. The van der Waals surface area contributed by atoms with Crippen LogP contribution in [-0.2, 0) is 23.6 Å². The van der Waals surface area contributed by atoms with Crippen molar-refractivity contribution in [1.82, 2.24) is 9.55 Å². The smallest absolute Gasteiger partial charge is 0.390 e. The summed E-state index contributed by atoms with van der Waals surface area (Å²) in [5, 5.41) is 10.4. The maximum atomic E-state index is 12.6. The summed E-state index contributed by atoms with van der Waals surface area (Å²) < 4.78 is 27.5. The first-order valence-corrected chi connectivity index (χ1v) is 11.6.